The highest BCUT2D eigenvalue weighted by atomic mass is 32.1. The molecule has 40 heavy (non-hydrogen) atoms. The van der Waals surface area contributed by atoms with E-state index in [1.54, 1.807) is 6.92 Å². The van der Waals surface area contributed by atoms with E-state index in [2.05, 4.69) is 46.3 Å². The number of alkyl halides is 3. The maximum absolute atomic E-state index is 14.5. The molecule has 1 amide bonds. The molecule has 2 unspecified atom stereocenters. The quantitative estimate of drug-likeness (QED) is 0.202. The van der Waals surface area contributed by atoms with Gasteiger partial charge in [-0.3, -0.25) is 4.79 Å². The molecule has 0 spiro atoms. The van der Waals surface area contributed by atoms with Gasteiger partial charge in [-0.05, 0) is 76.2 Å². The van der Waals surface area contributed by atoms with Crippen LogP contribution in [0.3, 0.4) is 0 Å². The van der Waals surface area contributed by atoms with E-state index < -0.39 is 17.6 Å². The molecular formula is C30H42F3N5OS. The highest BCUT2D eigenvalue weighted by molar-refractivity contribution is 7.17. The maximum atomic E-state index is 14.5. The fraction of sp³-hybridized carbons (Fsp3) is 0.633. The van der Waals surface area contributed by atoms with Gasteiger partial charge < -0.3 is 16.0 Å². The van der Waals surface area contributed by atoms with E-state index in [0.29, 0.717) is 30.0 Å². The number of carbonyl (C=O) groups excluding carboxylic acids is 1. The van der Waals surface area contributed by atoms with Crippen molar-refractivity contribution >= 4 is 28.8 Å². The Bertz CT molecular complexity index is 1180. The number of thiazole rings is 1. The van der Waals surface area contributed by atoms with E-state index in [9.17, 15) is 18.0 Å². The minimum atomic E-state index is -4.62. The number of hydrogen-bond donors (Lipinski definition) is 3. The van der Waals surface area contributed by atoms with Crippen molar-refractivity contribution in [3.05, 3.63) is 35.1 Å². The van der Waals surface area contributed by atoms with Gasteiger partial charge in [-0.15, -0.1) is 11.3 Å². The molecule has 2 atom stereocenters. The number of anilines is 1. The summed E-state index contributed by atoms with van der Waals surface area (Å²) >= 11 is 0.936. The van der Waals surface area contributed by atoms with Crippen LogP contribution in [0.2, 0.25) is 0 Å². The molecule has 4 rings (SSSR count). The van der Waals surface area contributed by atoms with Crippen LogP contribution in [0, 0.1) is 17.8 Å². The van der Waals surface area contributed by atoms with Gasteiger partial charge in [-0.2, -0.15) is 13.2 Å². The third-order valence-corrected chi connectivity index (χ3v) is 8.85. The third-order valence-electron chi connectivity index (χ3n) is 7.77. The number of rotatable bonds is 15. The average Bonchev–Trinajstić information content (AvgIpc) is 3.84. The van der Waals surface area contributed by atoms with Gasteiger partial charge in [0.15, 0.2) is 5.01 Å². The molecule has 10 heteroatoms. The van der Waals surface area contributed by atoms with Crippen LogP contribution in [0.25, 0.3) is 16.1 Å². The molecule has 6 nitrogen and oxygen atoms in total. The van der Waals surface area contributed by atoms with E-state index in [1.165, 1.54) is 6.20 Å². The molecule has 2 heterocycles. The maximum Gasteiger partial charge on any atom is 0.417 e. The summed E-state index contributed by atoms with van der Waals surface area (Å²) in [6.45, 7) is 12.7. The molecule has 3 N–H and O–H groups in total. The van der Waals surface area contributed by atoms with Crippen molar-refractivity contribution in [3.8, 4) is 10.4 Å². The van der Waals surface area contributed by atoms with E-state index in [4.69, 9.17) is 0 Å². The van der Waals surface area contributed by atoms with Crippen molar-refractivity contribution in [1.29, 1.82) is 0 Å². The Labute approximate surface area is 239 Å². The summed E-state index contributed by atoms with van der Waals surface area (Å²) in [7, 11) is 0. The van der Waals surface area contributed by atoms with Gasteiger partial charge in [0.2, 0.25) is 0 Å². The van der Waals surface area contributed by atoms with E-state index >= 15 is 0 Å². The molecule has 2 aliphatic rings. The van der Waals surface area contributed by atoms with Crippen molar-refractivity contribution in [3.63, 3.8) is 0 Å². The van der Waals surface area contributed by atoms with E-state index in [1.807, 2.05) is 6.92 Å². The monoisotopic (exact) mass is 577 g/mol. The van der Waals surface area contributed by atoms with Crippen LogP contribution in [-0.2, 0) is 6.18 Å². The molecule has 0 radical (unpaired) electrons. The summed E-state index contributed by atoms with van der Waals surface area (Å²) in [4.78, 5) is 21.8. The third kappa shape index (κ3) is 7.77. The van der Waals surface area contributed by atoms with Crippen LogP contribution >= 0.6 is 11.3 Å². The molecule has 2 saturated carbocycles. The van der Waals surface area contributed by atoms with Crippen molar-refractivity contribution < 1.29 is 18.0 Å². The van der Waals surface area contributed by atoms with Gasteiger partial charge in [-0.1, -0.05) is 33.3 Å². The minimum Gasteiger partial charge on any atom is -0.381 e. The first kappa shape index (κ1) is 30.3. The van der Waals surface area contributed by atoms with Gasteiger partial charge in [0.1, 0.15) is 11.5 Å². The van der Waals surface area contributed by atoms with Gasteiger partial charge in [0, 0.05) is 30.4 Å². The lowest BCUT2D eigenvalue weighted by Crippen LogP contribution is -2.26. The standard InChI is InChI=1S/C30H42F3N5OS/c1-6-8-17(3)9-10-18(4)36-19(5)25-27(40-29(38-25)28(39)34-7-2)22-16-35-24(15-23(22)30(31,32)33)37-26(20-11-12-20)21-13-14-21/h15-18,20-21,26,36H,5-14H2,1-4H3,(H,34,39)(H,35,37). The molecule has 2 aliphatic carbocycles. The van der Waals surface area contributed by atoms with E-state index in [0.717, 1.165) is 68.8 Å². The predicted octanol–water partition coefficient (Wildman–Crippen LogP) is 7.74. The summed E-state index contributed by atoms with van der Waals surface area (Å²) in [6.07, 6.45) is 5.28. The number of amides is 1. The summed E-state index contributed by atoms with van der Waals surface area (Å²) in [5.41, 5.74) is -0.239. The number of carbonyl (C=O) groups is 1. The Morgan fingerprint density at radius 2 is 1.80 bits per heavy atom. The highest BCUT2D eigenvalue weighted by Crippen LogP contribution is 2.47. The lowest BCUT2D eigenvalue weighted by Gasteiger charge is -2.21. The molecule has 2 aromatic rings. The molecule has 0 bridgehead atoms. The zero-order chi connectivity index (χ0) is 29.0. The van der Waals surface area contributed by atoms with Gasteiger partial charge in [-0.25, -0.2) is 9.97 Å². The van der Waals surface area contributed by atoms with Crippen LogP contribution < -0.4 is 16.0 Å². The first-order chi connectivity index (χ1) is 19.0. The molecular weight excluding hydrogens is 535 g/mol. The van der Waals surface area contributed by atoms with Crippen LogP contribution in [0.1, 0.15) is 100 Å². The lowest BCUT2D eigenvalue weighted by atomic mass is 9.98. The largest absolute Gasteiger partial charge is 0.417 e. The van der Waals surface area contributed by atoms with Gasteiger partial charge in [0.25, 0.3) is 5.91 Å². The fourth-order valence-corrected chi connectivity index (χ4v) is 6.34. The zero-order valence-electron chi connectivity index (χ0n) is 24.0. The molecule has 2 aromatic heterocycles. The van der Waals surface area contributed by atoms with Crippen LogP contribution in [0.5, 0.6) is 0 Å². The number of aromatic nitrogens is 2. The smallest absolute Gasteiger partial charge is 0.381 e. The molecule has 2 fully saturated rings. The Balaban J connectivity index is 1.65. The van der Waals surface area contributed by atoms with Gasteiger partial charge in [0.05, 0.1) is 16.1 Å². The van der Waals surface area contributed by atoms with Crippen molar-refractivity contribution in [1.82, 2.24) is 20.6 Å². The van der Waals surface area contributed by atoms with Crippen molar-refractivity contribution in [2.24, 2.45) is 17.8 Å². The molecule has 0 saturated heterocycles. The summed E-state index contributed by atoms with van der Waals surface area (Å²) in [6, 6.07) is 1.33. The second-order valence-corrected chi connectivity index (χ2v) is 12.5. The summed E-state index contributed by atoms with van der Waals surface area (Å²) in [5.74, 6) is 1.43. The van der Waals surface area contributed by atoms with Crippen LogP contribution in [-0.4, -0.2) is 34.5 Å². The number of hydrogen-bond acceptors (Lipinski definition) is 6. The second kappa shape index (κ2) is 12.9. The SMILES string of the molecule is C=C(NC(C)CCC(C)CCC)c1nc(C(=O)NCC)sc1-c1cnc(NC(C2CC2)C2CC2)cc1C(F)(F)F. The molecule has 0 aromatic carbocycles. The van der Waals surface area contributed by atoms with Crippen LogP contribution in [0.4, 0.5) is 19.0 Å². The summed E-state index contributed by atoms with van der Waals surface area (Å²) < 4.78 is 43.4. The molecule has 0 aliphatic heterocycles. The number of halogens is 3. The lowest BCUT2D eigenvalue weighted by molar-refractivity contribution is -0.137. The van der Waals surface area contributed by atoms with Gasteiger partial charge >= 0.3 is 6.18 Å². The van der Waals surface area contributed by atoms with Crippen LogP contribution in [0.15, 0.2) is 18.8 Å². The Morgan fingerprint density at radius 1 is 1.12 bits per heavy atom. The Hall–Kier alpha value is -2.62. The fourth-order valence-electron chi connectivity index (χ4n) is 5.30. The minimum absolute atomic E-state index is 0.0443. The number of nitrogens with one attached hydrogen (secondary N) is 3. The average molecular weight is 578 g/mol. The predicted molar refractivity (Wildman–Crippen MR) is 156 cm³/mol. The van der Waals surface area contributed by atoms with E-state index in [-0.39, 0.29) is 39.0 Å². The zero-order valence-corrected chi connectivity index (χ0v) is 24.8. The number of pyridine rings is 1. The number of nitrogens with zero attached hydrogens (tertiary/aromatic N) is 2. The topological polar surface area (TPSA) is 78.9 Å². The first-order valence-corrected chi connectivity index (χ1v) is 15.4. The molecule has 220 valence electrons. The highest BCUT2D eigenvalue weighted by Gasteiger charge is 2.42. The first-order valence-electron chi connectivity index (χ1n) is 14.6. The Morgan fingerprint density at radius 3 is 2.38 bits per heavy atom. The normalized spacial score (nSPS) is 17.0. The Kier molecular flexibility index (Phi) is 9.80. The summed E-state index contributed by atoms with van der Waals surface area (Å²) in [5, 5.41) is 9.43. The second-order valence-electron chi connectivity index (χ2n) is 11.5. The van der Waals surface area contributed by atoms with Crippen molar-refractivity contribution in [2.75, 3.05) is 11.9 Å². The van der Waals surface area contributed by atoms with Crippen molar-refractivity contribution in [2.45, 2.75) is 97.3 Å².